The summed E-state index contributed by atoms with van der Waals surface area (Å²) in [4.78, 5) is 24.2. The van der Waals surface area contributed by atoms with Crippen LogP contribution in [0.1, 0.15) is 42.8 Å². The molecule has 1 aliphatic carbocycles. The highest BCUT2D eigenvalue weighted by atomic mass is 16.5. The molecule has 3 aliphatic rings. The van der Waals surface area contributed by atoms with Crippen molar-refractivity contribution in [3.05, 3.63) is 17.1 Å². The molecule has 2 aliphatic heterocycles. The summed E-state index contributed by atoms with van der Waals surface area (Å²) < 4.78 is 5.36. The molecule has 4 rings (SSSR count). The van der Waals surface area contributed by atoms with E-state index in [4.69, 9.17) is 9.72 Å². The van der Waals surface area contributed by atoms with E-state index >= 15 is 0 Å². The van der Waals surface area contributed by atoms with Crippen LogP contribution in [-0.4, -0.2) is 48.2 Å². The zero-order chi connectivity index (χ0) is 16.5. The minimum Gasteiger partial charge on any atom is -0.381 e. The standard InChI is InChI=1S/C18H26N4O2/c1-12-19-16-4-2-3-15(16)17(20-12)22-8-5-13(11-22)18(23)21-14-6-9-24-10-7-14/h13-14H,2-11H2,1H3,(H,21,23). The lowest BCUT2D eigenvalue weighted by Crippen LogP contribution is -2.42. The van der Waals surface area contributed by atoms with Crippen LogP contribution < -0.4 is 10.2 Å². The van der Waals surface area contributed by atoms with Gasteiger partial charge in [0.1, 0.15) is 11.6 Å². The molecule has 0 radical (unpaired) electrons. The number of ether oxygens (including phenoxy) is 1. The first-order valence-electron chi connectivity index (χ1n) is 9.20. The summed E-state index contributed by atoms with van der Waals surface area (Å²) in [6.45, 7) is 5.17. The number of fused-ring (bicyclic) bond motifs is 1. The van der Waals surface area contributed by atoms with E-state index in [0.29, 0.717) is 0 Å². The van der Waals surface area contributed by atoms with Gasteiger partial charge in [-0.25, -0.2) is 9.97 Å². The number of anilines is 1. The molecule has 6 nitrogen and oxygen atoms in total. The van der Waals surface area contributed by atoms with Crippen molar-refractivity contribution < 1.29 is 9.53 Å². The van der Waals surface area contributed by atoms with E-state index in [0.717, 1.165) is 70.0 Å². The Kier molecular flexibility index (Phi) is 4.39. The summed E-state index contributed by atoms with van der Waals surface area (Å²) in [5.41, 5.74) is 2.53. The first-order chi connectivity index (χ1) is 11.7. The molecule has 1 aromatic heterocycles. The van der Waals surface area contributed by atoms with Gasteiger partial charge in [0.2, 0.25) is 5.91 Å². The largest absolute Gasteiger partial charge is 0.381 e. The second kappa shape index (κ2) is 6.67. The van der Waals surface area contributed by atoms with Gasteiger partial charge in [0, 0.05) is 43.6 Å². The van der Waals surface area contributed by atoms with Crippen LogP contribution >= 0.6 is 0 Å². The number of aryl methyl sites for hydroxylation is 2. The molecule has 0 saturated carbocycles. The van der Waals surface area contributed by atoms with Gasteiger partial charge >= 0.3 is 0 Å². The molecule has 3 heterocycles. The Hall–Kier alpha value is -1.69. The Morgan fingerprint density at radius 1 is 1.21 bits per heavy atom. The molecule has 2 saturated heterocycles. The van der Waals surface area contributed by atoms with Crippen molar-refractivity contribution in [2.24, 2.45) is 5.92 Å². The minimum absolute atomic E-state index is 0.0696. The van der Waals surface area contributed by atoms with Crippen molar-refractivity contribution in [1.82, 2.24) is 15.3 Å². The lowest BCUT2D eigenvalue weighted by molar-refractivity contribution is -0.125. The number of carbonyl (C=O) groups excluding carboxylic acids is 1. The van der Waals surface area contributed by atoms with Crippen LogP contribution in [0.5, 0.6) is 0 Å². The molecule has 1 amide bonds. The first-order valence-corrected chi connectivity index (χ1v) is 9.20. The molecule has 0 aromatic carbocycles. The summed E-state index contributed by atoms with van der Waals surface area (Å²) in [5, 5.41) is 3.22. The van der Waals surface area contributed by atoms with Crippen LogP contribution in [0.4, 0.5) is 5.82 Å². The SMILES string of the molecule is Cc1nc2c(c(N3CCC(C(=O)NC4CCOCC4)C3)n1)CCC2. The minimum atomic E-state index is 0.0696. The zero-order valence-electron chi connectivity index (χ0n) is 14.4. The number of nitrogens with one attached hydrogen (secondary N) is 1. The van der Waals surface area contributed by atoms with Gasteiger partial charge in [-0.3, -0.25) is 4.79 Å². The first kappa shape index (κ1) is 15.8. The van der Waals surface area contributed by atoms with E-state index in [1.54, 1.807) is 0 Å². The Labute approximate surface area is 143 Å². The summed E-state index contributed by atoms with van der Waals surface area (Å²) in [5.74, 6) is 2.20. The average Bonchev–Trinajstić information content (AvgIpc) is 3.24. The Morgan fingerprint density at radius 3 is 2.88 bits per heavy atom. The number of amides is 1. The van der Waals surface area contributed by atoms with Crippen LogP contribution in [0.3, 0.4) is 0 Å². The van der Waals surface area contributed by atoms with E-state index in [9.17, 15) is 4.79 Å². The Morgan fingerprint density at radius 2 is 2.04 bits per heavy atom. The van der Waals surface area contributed by atoms with E-state index in [2.05, 4.69) is 15.2 Å². The normalized spacial score (nSPS) is 24.2. The molecule has 2 fully saturated rings. The van der Waals surface area contributed by atoms with Gasteiger partial charge in [-0.15, -0.1) is 0 Å². The topological polar surface area (TPSA) is 67.4 Å². The monoisotopic (exact) mass is 330 g/mol. The molecule has 6 heteroatoms. The molecule has 1 N–H and O–H groups in total. The van der Waals surface area contributed by atoms with E-state index in [1.807, 2.05) is 6.92 Å². The molecular weight excluding hydrogens is 304 g/mol. The maximum absolute atomic E-state index is 12.6. The van der Waals surface area contributed by atoms with Crippen LogP contribution in [0, 0.1) is 12.8 Å². The third kappa shape index (κ3) is 3.11. The van der Waals surface area contributed by atoms with Crippen LogP contribution in [0.25, 0.3) is 0 Å². The van der Waals surface area contributed by atoms with E-state index in [1.165, 1.54) is 17.7 Å². The molecule has 24 heavy (non-hydrogen) atoms. The molecule has 1 atom stereocenters. The second-order valence-corrected chi connectivity index (χ2v) is 7.20. The van der Waals surface area contributed by atoms with Crippen molar-refractivity contribution in [1.29, 1.82) is 0 Å². The molecular formula is C18H26N4O2. The van der Waals surface area contributed by atoms with E-state index in [-0.39, 0.29) is 17.9 Å². The summed E-state index contributed by atoms with van der Waals surface area (Å²) in [6.07, 6.45) is 6.07. The number of carbonyl (C=O) groups is 1. The number of hydrogen-bond donors (Lipinski definition) is 1. The molecule has 0 bridgehead atoms. The Bertz CT molecular complexity index is 628. The fraction of sp³-hybridized carbons (Fsp3) is 0.722. The predicted octanol–water partition coefficient (Wildman–Crippen LogP) is 1.40. The van der Waals surface area contributed by atoms with Gasteiger partial charge in [0.25, 0.3) is 0 Å². The van der Waals surface area contributed by atoms with Gasteiger partial charge < -0.3 is 15.0 Å². The van der Waals surface area contributed by atoms with Crippen molar-refractivity contribution in [2.45, 2.75) is 51.5 Å². The second-order valence-electron chi connectivity index (χ2n) is 7.20. The maximum atomic E-state index is 12.6. The molecule has 1 unspecified atom stereocenters. The fourth-order valence-corrected chi connectivity index (χ4v) is 4.12. The highest BCUT2D eigenvalue weighted by Crippen LogP contribution is 2.32. The van der Waals surface area contributed by atoms with Gasteiger partial charge in [-0.05, 0) is 45.4 Å². The average molecular weight is 330 g/mol. The third-order valence-electron chi connectivity index (χ3n) is 5.45. The lowest BCUT2D eigenvalue weighted by atomic mass is 10.1. The van der Waals surface area contributed by atoms with Crippen molar-refractivity contribution in [2.75, 3.05) is 31.2 Å². The third-order valence-corrected chi connectivity index (χ3v) is 5.45. The Balaban J connectivity index is 1.42. The number of nitrogens with zero attached hydrogens (tertiary/aromatic N) is 3. The van der Waals surface area contributed by atoms with Crippen LogP contribution in [0.15, 0.2) is 0 Å². The van der Waals surface area contributed by atoms with E-state index < -0.39 is 0 Å². The summed E-state index contributed by atoms with van der Waals surface area (Å²) in [6, 6.07) is 0.283. The van der Waals surface area contributed by atoms with Crippen LogP contribution in [0.2, 0.25) is 0 Å². The highest BCUT2D eigenvalue weighted by Gasteiger charge is 2.32. The molecule has 130 valence electrons. The van der Waals surface area contributed by atoms with Gasteiger partial charge in [-0.2, -0.15) is 0 Å². The zero-order valence-corrected chi connectivity index (χ0v) is 14.4. The van der Waals surface area contributed by atoms with Crippen LogP contribution in [-0.2, 0) is 22.4 Å². The fourth-order valence-electron chi connectivity index (χ4n) is 4.12. The van der Waals surface area contributed by atoms with Crippen molar-refractivity contribution in [3.8, 4) is 0 Å². The highest BCUT2D eigenvalue weighted by molar-refractivity contribution is 5.80. The summed E-state index contributed by atoms with van der Waals surface area (Å²) >= 11 is 0. The quantitative estimate of drug-likeness (QED) is 0.907. The number of hydrogen-bond acceptors (Lipinski definition) is 5. The van der Waals surface area contributed by atoms with Crippen molar-refractivity contribution in [3.63, 3.8) is 0 Å². The van der Waals surface area contributed by atoms with Gasteiger partial charge in [0.15, 0.2) is 0 Å². The number of rotatable bonds is 3. The van der Waals surface area contributed by atoms with Crippen molar-refractivity contribution >= 4 is 11.7 Å². The molecule has 0 spiro atoms. The predicted molar refractivity (Wildman–Crippen MR) is 91.1 cm³/mol. The lowest BCUT2D eigenvalue weighted by Gasteiger charge is -2.25. The van der Waals surface area contributed by atoms with Gasteiger partial charge in [0.05, 0.1) is 5.92 Å². The summed E-state index contributed by atoms with van der Waals surface area (Å²) in [7, 11) is 0. The smallest absolute Gasteiger partial charge is 0.225 e. The molecule has 1 aromatic rings. The number of aromatic nitrogens is 2. The maximum Gasteiger partial charge on any atom is 0.225 e. The van der Waals surface area contributed by atoms with Gasteiger partial charge in [-0.1, -0.05) is 0 Å².